The lowest BCUT2D eigenvalue weighted by Gasteiger charge is -2.17. The molecule has 1 aliphatic rings. The number of anilines is 1. The normalized spacial score (nSPS) is 23.8. The first-order valence-corrected chi connectivity index (χ1v) is 6.03. The van der Waals surface area contributed by atoms with E-state index in [-0.39, 0.29) is 12.5 Å². The standard InChI is InChI=1S/C12H19N3O2/c13-10-4-11(14-6-10)12(17)15-5-8-2-1-3-9(8)7-16/h4,6,8-9,14,16H,1-3,5,7,13H2,(H,15,17). The van der Waals surface area contributed by atoms with Crippen molar-refractivity contribution in [2.75, 3.05) is 18.9 Å². The molecule has 2 atom stereocenters. The minimum atomic E-state index is -0.134. The van der Waals surface area contributed by atoms with Crippen molar-refractivity contribution in [1.82, 2.24) is 10.3 Å². The Kier molecular flexibility index (Phi) is 3.68. The molecule has 1 aromatic heterocycles. The number of aromatic nitrogens is 1. The third kappa shape index (κ3) is 2.79. The summed E-state index contributed by atoms with van der Waals surface area (Å²) in [6.07, 6.45) is 4.88. The molecule has 0 aromatic carbocycles. The fourth-order valence-corrected chi connectivity index (χ4v) is 2.48. The van der Waals surface area contributed by atoms with E-state index in [1.54, 1.807) is 12.3 Å². The summed E-state index contributed by atoms with van der Waals surface area (Å²) in [6, 6.07) is 1.62. The molecule has 1 fully saturated rings. The fraction of sp³-hybridized carbons (Fsp3) is 0.583. The van der Waals surface area contributed by atoms with E-state index in [1.807, 2.05) is 0 Å². The number of rotatable bonds is 4. The minimum absolute atomic E-state index is 0.134. The average molecular weight is 237 g/mol. The van der Waals surface area contributed by atoms with E-state index in [2.05, 4.69) is 10.3 Å². The molecule has 5 N–H and O–H groups in total. The maximum absolute atomic E-state index is 11.7. The summed E-state index contributed by atoms with van der Waals surface area (Å²) in [5.74, 6) is 0.602. The van der Waals surface area contributed by atoms with Crippen molar-refractivity contribution >= 4 is 11.6 Å². The number of aliphatic hydroxyl groups excluding tert-OH is 1. The van der Waals surface area contributed by atoms with E-state index in [0.717, 1.165) is 19.3 Å². The van der Waals surface area contributed by atoms with Crippen LogP contribution in [-0.2, 0) is 0 Å². The third-order valence-corrected chi connectivity index (χ3v) is 3.53. The van der Waals surface area contributed by atoms with Gasteiger partial charge in [-0.3, -0.25) is 4.79 Å². The molecule has 94 valence electrons. The van der Waals surface area contributed by atoms with Crippen LogP contribution >= 0.6 is 0 Å². The van der Waals surface area contributed by atoms with Crippen molar-refractivity contribution in [3.63, 3.8) is 0 Å². The Labute approximate surface area is 100 Å². The van der Waals surface area contributed by atoms with E-state index in [9.17, 15) is 9.90 Å². The van der Waals surface area contributed by atoms with E-state index >= 15 is 0 Å². The van der Waals surface area contributed by atoms with Crippen molar-refractivity contribution in [1.29, 1.82) is 0 Å². The summed E-state index contributed by atoms with van der Waals surface area (Å²) in [4.78, 5) is 14.6. The van der Waals surface area contributed by atoms with Crippen molar-refractivity contribution in [2.24, 2.45) is 11.8 Å². The molecule has 0 saturated heterocycles. The molecule has 1 amide bonds. The Bertz CT molecular complexity index is 389. The van der Waals surface area contributed by atoms with E-state index < -0.39 is 0 Å². The number of carbonyl (C=O) groups excluding carboxylic acids is 1. The number of aliphatic hydroxyl groups is 1. The van der Waals surface area contributed by atoms with Crippen LogP contribution in [-0.4, -0.2) is 29.1 Å². The van der Waals surface area contributed by atoms with Crippen LogP contribution in [0.15, 0.2) is 12.3 Å². The second kappa shape index (κ2) is 5.23. The van der Waals surface area contributed by atoms with E-state index in [0.29, 0.717) is 29.8 Å². The van der Waals surface area contributed by atoms with Crippen LogP contribution in [0.25, 0.3) is 0 Å². The highest BCUT2D eigenvalue weighted by molar-refractivity contribution is 5.93. The maximum atomic E-state index is 11.7. The molecule has 1 heterocycles. The van der Waals surface area contributed by atoms with Gasteiger partial charge in [0.25, 0.3) is 5.91 Å². The number of nitrogens with one attached hydrogen (secondary N) is 2. The first kappa shape index (κ1) is 12.0. The molecule has 0 spiro atoms. The van der Waals surface area contributed by atoms with Gasteiger partial charge in [-0.15, -0.1) is 0 Å². The highest BCUT2D eigenvalue weighted by Crippen LogP contribution is 2.30. The van der Waals surface area contributed by atoms with Gasteiger partial charge in [-0.25, -0.2) is 0 Å². The van der Waals surface area contributed by atoms with Crippen molar-refractivity contribution in [3.05, 3.63) is 18.0 Å². The smallest absolute Gasteiger partial charge is 0.267 e. The lowest BCUT2D eigenvalue weighted by atomic mass is 9.97. The molecule has 0 aliphatic heterocycles. The lowest BCUT2D eigenvalue weighted by molar-refractivity contribution is 0.0933. The largest absolute Gasteiger partial charge is 0.397 e. The van der Waals surface area contributed by atoms with Gasteiger partial charge in [0.1, 0.15) is 5.69 Å². The predicted molar refractivity (Wildman–Crippen MR) is 65.5 cm³/mol. The zero-order valence-electron chi connectivity index (χ0n) is 9.78. The van der Waals surface area contributed by atoms with Gasteiger partial charge in [-0.05, 0) is 30.7 Å². The quantitative estimate of drug-likeness (QED) is 0.622. The van der Waals surface area contributed by atoms with Crippen LogP contribution in [0, 0.1) is 11.8 Å². The van der Waals surface area contributed by atoms with Gasteiger partial charge in [-0.1, -0.05) is 6.42 Å². The Morgan fingerprint density at radius 2 is 2.29 bits per heavy atom. The number of hydrogen-bond donors (Lipinski definition) is 4. The molecular weight excluding hydrogens is 218 g/mol. The summed E-state index contributed by atoms with van der Waals surface area (Å²) in [7, 11) is 0. The summed E-state index contributed by atoms with van der Waals surface area (Å²) in [6.45, 7) is 0.846. The number of nitrogen functional groups attached to an aromatic ring is 1. The number of aromatic amines is 1. The first-order chi connectivity index (χ1) is 8.20. The van der Waals surface area contributed by atoms with Gasteiger partial charge < -0.3 is 21.1 Å². The zero-order valence-corrected chi connectivity index (χ0v) is 9.78. The number of nitrogens with two attached hydrogens (primary N) is 1. The van der Waals surface area contributed by atoms with Gasteiger partial charge in [-0.2, -0.15) is 0 Å². The van der Waals surface area contributed by atoms with E-state index in [1.165, 1.54) is 0 Å². The topological polar surface area (TPSA) is 91.1 Å². The summed E-state index contributed by atoms with van der Waals surface area (Å²) in [5, 5.41) is 12.1. The molecule has 17 heavy (non-hydrogen) atoms. The molecule has 1 aromatic rings. The number of H-pyrrole nitrogens is 1. The highest BCUT2D eigenvalue weighted by Gasteiger charge is 2.26. The van der Waals surface area contributed by atoms with Crippen LogP contribution < -0.4 is 11.1 Å². The lowest BCUT2D eigenvalue weighted by Crippen LogP contribution is -2.31. The Hall–Kier alpha value is -1.49. The van der Waals surface area contributed by atoms with E-state index in [4.69, 9.17) is 5.73 Å². The molecule has 1 aliphatic carbocycles. The zero-order chi connectivity index (χ0) is 12.3. The third-order valence-electron chi connectivity index (χ3n) is 3.53. The summed E-state index contributed by atoms with van der Waals surface area (Å²) in [5.41, 5.74) is 6.58. The Balaban J connectivity index is 1.84. The van der Waals surface area contributed by atoms with Gasteiger partial charge >= 0.3 is 0 Å². The molecule has 1 saturated carbocycles. The van der Waals surface area contributed by atoms with Crippen molar-refractivity contribution in [2.45, 2.75) is 19.3 Å². The fourth-order valence-electron chi connectivity index (χ4n) is 2.48. The Morgan fingerprint density at radius 1 is 1.53 bits per heavy atom. The minimum Gasteiger partial charge on any atom is -0.397 e. The van der Waals surface area contributed by atoms with Crippen LogP contribution in [0.4, 0.5) is 5.69 Å². The van der Waals surface area contributed by atoms with Crippen LogP contribution in [0.1, 0.15) is 29.8 Å². The molecule has 0 radical (unpaired) electrons. The highest BCUT2D eigenvalue weighted by atomic mass is 16.3. The maximum Gasteiger partial charge on any atom is 0.267 e. The molecule has 5 heteroatoms. The van der Waals surface area contributed by atoms with Crippen LogP contribution in [0.5, 0.6) is 0 Å². The molecule has 2 rings (SSSR count). The van der Waals surface area contributed by atoms with Gasteiger partial charge in [0.2, 0.25) is 0 Å². The second-order valence-electron chi connectivity index (χ2n) is 4.69. The molecule has 0 bridgehead atoms. The summed E-state index contributed by atoms with van der Waals surface area (Å²) < 4.78 is 0. The van der Waals surface area contributed by atoms with Gasteiger partial charge in [0, 0.05) is 25.0 Å². The first-order valence-electron chi connectivity index (χ1n) is 6.03. The number of hydrogen-bond acceptors (Lipinski definition) is 3. The van der Waals surface area contributed by atoms with Gasteiger partial charge in [0.15, 0.2) is 0 Å². The van der Waals surface area contributed by atoms with Gasteiger partial charge in [0.05, 0.1) is 0 Å². The number of carbonyl (C=O) groups is 1. The average Bonchev–Trinajstić information content (AvgIpc) is 2.94. The van der Waals surface area contributed by atoms with Crippen molar-refractivity contribution in [3.8, 4) is 0 Å². The Morgan fingerprint density at radius 3 is 2.94 bits per heavy atom. The van der Waals surface area contributed by atoms with Crippen LogP contribution in [0.3, 0.4) is 0 Å². The van der Waals surface area contributed by atoms with Crippen molar-refractivity contribution < 1.29 is 9.90 Å². The molecule has 5 nitrogen and oxygen atoms in total. The number of amides is 1. The summed E-state index contributed by atoms with van der Waals surface area (Å²) >= 11 is 0. The molecular formula is C12H19N3O2. The second-order valence-corrected chi connectivity index (χ2v) is 4.69. The monoisotopic (exact) mass is 237 g/mol. The molecule has 2 unspecified atom stereocenters. The SMILES string of the molecule is Nc1c[nH]c(C(=O)NCC2CCCC2CO)c1. The van der Waals surface area contributed by atoms with Crippen LogP contribution in [0.2, 0.25) is 0 Å². The predicted octanol–water partition coefficient (Wildman–Crippen LogP) is 0.735.